The third kappa shape index (κ3) is 3.45. The van der Waals surface area contributed by atoms with Gasteiger partial charge in [-0.15, -0.1) is 0 Å². The van der Waals surface area contributed by atoms with Crippen molar-refractivity contribution in [3.8, 4) is 0 Å². The molecule has 3 heterocycles. The van der Waals surface area contributed by atoms with Crippen molar-refractivity contribution in [2.45, 2.75) is 26.3 Å². The molecule has 9 heteroatoms. The molecule has 158 valence electrons. The number of rotatable bonds is 5. The van der Waals surface area contributed by atoms with Gasteiger partial charge in [0.25, 0.3) is 5.56 Å². The molecule has 0 radical (unpaired) electrons. The van der Waals surface area contributed by atoms with Crippen molar-refractivity contribution < 1.29 is 8.91 Å². The molecule has 1 aliphatic carbocycles. The Bertz CT molecular complexity index is 1350. The van der Waals surface area contributed by atoms with Crippen molar-refractivity contribution >= 4 is 16.7 Å². The van der Waals surface area contributed by atoms with Gasteiger partial charge < -0.3 is 9.09 Å². The van der Waals surface area contributed by atoms with Crippen LogP contribution in [-0.2, 0) is 13.6 Å². The Kier molecular flexibility index (Phi) is 4.53. The first kappa shape index (κ1) is 19.3. The van der Waals surface area contributed by atoms with Gasteiger partial charge in [0.2, 0.25) is 5.89 Å². The molecule has 0 saturated heterocycles. The Morgan fingerprint density at radius 3 is 2.74 bits per heavy atom. The van der Waals surface area contributed by atoms with Gasteiger partial charge in [0.15, 0.2) is 17.0 Å². The van der Waals surface area contributed by atoms with Crippen LogP contribution in [0.25, 0.3) is 16.7 Å². The molecular formula is C22H21FN6O2. The monoisotopic (exact) mass is 420 g/mol. The second-order valence-corrected chi connectivity index (χ2v) is 8.07. The Morgan fingerprint density at radius 1 is 1.23 bits per heavy atom. The molecule has 4 aromatic rings. The molecule has 3 aromatic heterocycles. The molecule has 0 bridgehead atoms. The fraction of sp³-hybridized carbons (Fsp3) is 0.318. The van der Waals surface area contributed by atoms with E-state index in [1.54, 1.807) is 30.1 Å². The van der Waals surface area contributed by atoms with E-state index in [9.17, 15) is 9.18 Å². The first-order valence-electron chi connectivity index (χ1n) is 10.1. The maximum Gasteiger partial charge on any atom is 0.280 e. The summed E-state index contributed by atoms with van der Waals surface area (Å²) in [6, 6.07) is 6.48. The van der Waals surface area contributed by atoms with E-state index in [1.807, 2.05) is 6.92 Å². The molecule has 0 spiro atoms. The smallest absolute Gasteiger partial charge is 0.280 e. The first-order chi connectivity index (χ1) is 14.9. The van der Waals surface area contributed by atoms with E-state index in [0.29, 0.717) is 28.8 Å². The third-order valence-electron chi connectivity index (χ3n) is 5.98. The molecule has 1 fully saturated rings. The third-order valence-corrected chi connectivity index (χ3v) is 5.98. The number of imidazole rings is 1. The topological polar surface area (TPSA) is 91.6 Å². The summed E-state index contributed by atoms with van der Waals surface area (Å²) in [5.41, 5.74) is 2.71. The van der Waals surface area contributed by atoms with Crippen molar-refractivity contribution in [3.63, 3.8) is 0 Å². The zero-order valence-corrected chi connectivity index (χ0v) is 17.4. The maximum atomic E-state index is 13.2. The van der Waals surface area contributed by atoms with Crippen LogP contribution in [0.4, 0.5) is 4.39 Å². The van der Waals surface area contributed by atoms with Crippen LogP contribution in [0.3, 0.4) is 0 Å². The zero-order valence-electron chi connectivity index (χ0n) is 17.4. The molecular weight excluding hydrogens is 399 g/mol. The molecule has 1 saturated carbocycles. The second kappa shape index (κ2) is 7.26. The average molecular weight is 420 g/mol. The predicted octanol–water partition coefficient (Wildman–Crippen LogP) is 3.15. The van der Waals surface area contributed by atoms with E-state index in [-0.39, 0.29) is 29.8 Å². The van der Waals surface area contributed by atoms with Gasteiger partial charge in [0.1, 0.15) is 18.7 Å². The van der Waals surface area contributed by atoms with E-state index in [0.717, 1.165) is 11.1 Å². The second-order valence-electron chi connectivity index (χ2n) is 8.07. The van der Waals surface area contributed by atoms with Crippen LogP contribution in [0.15, 0.2) is 52.3 Å². The van der Waals surface area contributed by atoms with Crippen LogP contribution in [-0.4, -0.2) is 29.2 Å². The van der Waals surface area contributed by atoms with E-state index >= 15 is 0 Å². The average Bonchev–Trinajstić information content (AvgIpc) is 3.09. The number of halogens is 1. The summed E-state index contributed by atoms with van der Waals surface area (Å²) in [5.74, 6) is 1.56. The number of benzene rings is 1. The van der Waals surface area contributed by atoms with Gasteiger partial charge in [0, 0.05) is 13.0 Å². The molecule has 1 aliphatic rings. The van der Waals surface area contributed by atoms with Crippen LogP contribution in [0.1, 0.15) is 37.0 Å². The fourth-order valence-corrected chi connectivity index (χ4v) is 4.05. The lowest BCUT2D eigenvalue weighted by molar-refractivity contribution is 0.364. The summed E-state index contributed by atoms with van der Waals surface area (Å²) in [6.45, 7) is 4.31. The van der Waals surface area contributed by atoms with Crippen LogP contribution >= 0.6 is 0 Å². The van der Waals surface area contributed by atoms with Crippen LogP contribution in [0, 0.1) is 17.7 Å². The van der Waals surface area contributed by atoms with Crippen LogP contribution in [0.5, 0.6) is 0 Å². The molecule has 0 N–H and O–H groups in total. The van der Waals surface area contributed by atoms with Crippen molar-refractivity contribution in [1.29, 1.82) is 0 Å². The Hall–Kier alpha value is -3.62. The van der Waals surface area contributed by atoms with Gasteiger partial charge in [-0.2, -0.15) is 4.98 Å². The van der Waals surface area contributed by atoms with Gasteiger partial charge in [0.05, 0.1) is 6.33 Å². The van der Waals surface area contributed by atoms with E-state index < -0.39 is 0 Å². The number of fused-ring (bicyclic) bond motifs is 1. The summed E-state index contributed by atoms with van der Waals surface area (Å²) < 4.78 is 21.7. The lowest BCUT2D eigenvalue weighted by Gasteiger charge is -2.01. The van der Waals surface area contributed by atoms with Crippen molar-refractivity contribution in [3.05, 3.63) is 76.4 Å². The minimum Gasteiger partial charge on any atom is -0.337 e. The summed E-state index contributed by atoms with van der Waals surface area (Å²) in [6.07, 6.45) is 5.19. The molecule has 1 aromatic carbocycles. The predicted molar refractivity (Wildman–Crippen MR) is 112 cm³/mol. The van der Waals surface area contributed by atoms with Gasteiger partial charge in [-0.1, -0.05) is 30.3 Å². The molecule has 8 nitrogen and oxygen atoms in total. The van der Waals surface area contributed by atoms with Gasteiger partial charge in [-0.25, -0.2) is 14.4 Å². The summed E-state index contributed by atoms with van der Waals surface area (Å²) in [4.78, 5) is 25.5. The Balaban J connectivity index is 1.34. The highest BCUT2D eigenvalue weighted by atomic mass is 19.1. The Labute approximate surface area is 177 Å². The molecule has 3 atom stereocenters. The summed E-state index contributed by atoms with van der Waals surface area (Å²) in [5, 5.41) is 4.15. The lowest BCUT2D eigenvalue weighted by atomic mass is 10.1. The highest BCUT2D eigenvalue weighted by molar-refractivity contribution is 5.68. The number of aromatic nitrogens is 6. The number of nitrogens with zero attached hydrogens (tertiary/aromatic N) is 6. The van der Waals surface area contributed by atoms with Crippen LogP contribution in [0.2, 0.25) is 0 Å². The minimum atomic E-state index is -0.245. The van der Waals surface area contributed by atoms with Crippen molar-refractivity contribution in [1.82, 2.24) is 29.2 Å². The largest absolute Gasteiger partial charge is 0.337 e. The van der Waals surface area contributed by atoms with Crippen LogP contribution < -0.4 is 5.56 Å². The number of allylic oxidation sites excluding steroid dienone is 2. The minimum absolute atomic E-state index is 0.149. The number of aryl methyl sites for hydroxylation is 1. The SMILES string of the molecule is C/C(=C\[C@@H]1[C@H](C)[C@H]1c1noc(Cn2cnc3ncn(C)c3c2=O)n1)c1ccc(F)cc1. The Morgan fingerprint density at radius 2 is 1.97 bits per heavy atom. The van der Waals surface area contributed by atoms with Crippen molar-refractivity contribution in [2.75, 3.05) is 0 Å². The molecule has 0 unspecified atom stereocenters. The maximum absolute atomic E-state index is 13.2. The first-order valence-corrected chi connectivity index (χ1v) is 10.1. The summed E-state index contributed by atoms with van der Waals surface area (Å²) >= 11 is 0. The van der Waals surface area contributed by atoms with E-state index in [2.05, 4.69) is 33.1 Å². The highest BCUT2D eigenvalue weighted by Crippen LogP contribution is 2.54. The van der Waals surface area contributed by atoms with Gasteiger partial charge in [-0.3, -0.25) is 9.36 Å². The fourth-order valence-electron chi connectivity index (χ4n) is 4.05. The van der Waals surface area contributed by atoms with E-state index in [4.69, 9.17) is 4.52 Å². The molecule has 31 heavy (non-hydrogen) atoms. The quantitative estimate of drug-likeness (QED) is 0.493. The van der Waals surface area contributed by atoms with Gasteiger partial charge >= 0.3 is 0 Å². The normalized spacial score (nSPS) is 21.0. The number of hydrogen-bond donors (Lipinski definition) is 0. The van der Waals surface area contributed by atoms with Crippen molar-refractivity contribution in [2.24, 2.45) is 18.9 Å². The summed E-state index contributed by atoms with van der Waals surface area (Å²) in [7, 11) is 1.75. The molecule has 5 rings (SSSR count). The zero-order chi connectivity index (χ0) is 21.7. The standard InChI is InChI=1S/C22H21FN6O2/c1-12(14-4-6-15(23)7-5-14)8-16-13(2)18(16)20-26-17(31-27-20)9-29-11-25-21-19(22(29)30)28(3)10-24-21/h4-8,10-11,13,16,18H,9H2,1-3H3/b12-8+/t13-,16+,18+/m0/s1. The lowest BCUT2D eigenvalue weighted by Crippen LogP contribution is -2.22. The number of hydrogen-bond acceptors (Lipinski definition) is 6. The molecule has 0 amide bonds. The van der Waals surface area contributed by atoms with Gasteiger partial charge in [-0.05, 0) is 42.0 Å². The highest BCUT2D eigenvalue weighted by Gasteiger charge is 2.49. The van der Waals surface area contributed by atoms with E-state index in [1.165, 1.54) is 23.0 Å². The molecule has 0 aliphatic heterocycles.